The molecule has 0 unspecified atom stereocenters. The molecule has 3 atom stereocenters. The summed E-state index contributed by atoms with van der Waals surface area (Å²) < 4.78 is 0. The smallest absolute Gasteiger partial charge is 0.225 e. The number of hydrogen-bond acceptors (Lipinski definition) is 5. The molecule has 1 aliphatic carbocycles. The van der Waals surface area contributed by atoms with E-state index in [0.717, 1.165) is 25.8 Å². The van der Waals surface area contributed by atoms with Crippen molar-refractivity contribution in [2.45, 2.75) is 37.6 Å². The molecular weight excluding hydrogens is 376 g/mol. The van der Waals surface area contributed by atoms with Gasteiger partial charge in [0.05, 0.1) is 0 Å². The van der Waals surface area contributed by atoms with Crippen molar-refractivity contribution < 1.29 is 4.79 Å². The van der Waals surface area contributed by atoms with Crippen LogP contribution in [0.15, 0.2) is 36.5 Å². The molecular formula is C23H28N6O. The van der Waals surface area contributed by atoms with Gasteiger partial charge < -0.3 is 20.5 Å². The third-order valence-corrected chi connectivity index (χ3v) is 6.78. The first-order chi connectivity index (χ1) is 14.6. The summed E-state index contributed by atoms with van der Waals surface area (Å²) in [4.78, 5) is 18.4. The average molecular weight is 405 g/mol. The lowest BCUT2D eigenvalue weighted by Gasteiger charge is -2.45. The number of benzene rings is 1. The second-order valence-electron chi connectivity index (χ2n) is 8.64. The molecule has 0 bridgehead atoms. The van der Waals surface area contributed by atoms with Gasteiger partial charge in [-0.2, -0.15) is 0 Å². The van der Waals surface area contributed by atoms with E-state index in [1.54, 1.807) is 19.2 Å². The molecule has 1 amide bonds. The summed E-state index contributed by atoms with van der Waals surface area (Å²) in [6, 6.07) is 10.8. The predicted molar refractivity (Wildman–Crippen MR) is 119 cm³/mol. The van der Waals surface area contributed by atoms with Gasteiger partial charge in [0.25, 0.3) is 0 Å². The number of fused-ring (bicyclic) bond motifs is 2. The Bertz CT molecular complexity index is 1060. The fourth-order valence-corrected chi connectivity index (χ4v) is 5.34. The van der Waals surface area contributed by atoms with Crippen molar-refractivity contribution in [3.8, 4) is 0 Å². The van der Waals surface area contributed by atoms with Gasteiger partial charge in [-0.1, -0.05) is 12.1 Å². The van der Waals surface area contributed by atoms with Crippen LogP contribution in [-0.2, 0) is 11.2 Å². The fraction of sp³-hybridized carbons (Fsp3) is 0.435. The summed E-state index contributed by atoms with van der Waals surface area (Å²) in [5.74, 6) is 2.23. The van der Waals surface area contributed by atoms with Crippen LogP contribution in [0.5, 0.6) is 0 Å². The third kappa shape index (κ3) is 3.43. The maximum absolute atomic E-state index is 12.4. The van der Waals surface area contributed by atoms with Gasteiger partial charge >= 0.3 is 0 Å². The zero-order valence-corrected chi connectivity index (χ0v) is 17.5. The van der Waals surface area contributed by atoms with E-state index >= 15 is 0 Å². The number of likely N-dealkylation sites (tertiary alicyclic amines) is 1. The summed E-state index contributed by atoms with van der Waals surface area (Å²) in [7, 11) is 4.03. The first kappa shape index (κ1) is 19.1. The standard InChI is InChI=1S/C23H28N6O/c1-24-20-7-8-21(28-27-20)26-22(30)9-6-14-10-17-16-4-3-5-18-23(16)15(12-25-18)11-19(17)29(2)13-14/h3-5,7-8,12,14,17,19,25H,6,9-11,13H2,1-2H3,(H,24,27)(H,26,28,30)/t14-,17-,19-/m1/s1. The molecule has 0 saturated carbocycles. The van der Waals surface area contributed by atoms with Crippen LogP contribution in [0, 0.1) is 5.92 Å². The molecule has 1 fully saturated rings. The topological polar surface area (TPSA) is 85.9 Å². The second kappa shape index (κ2) is 7.72. The molecule has 1 aliphatic heterocycles. The van der Waals surface area contributed by atoms with Gasteiger partial charge in [0.15, 0.2) is 5.82 Å². The van der Waals surface area contributed by atoms with Gasteiger partial charge in [-0.15, -0.1) is 10.2 Å². The van der Waals surface area contributed by atoms with Crippen LogP contribution in [-0.4, -0.2) is 52.7 Å². The largest absolute Gasteiger partial charge is 0.372 e. The molecule has 156 valence electrons. The number of rotatable bonds is 5. The molecule has 1 saturated heterocycles. The number of nitrogens with zero attached hydrogens (tertiary/aromatic N) is 3. The maximum Gasteiger partial charge on any atom is 0.225 e. The Morgan fingerprint density at radius 2 is 2.07 bits per heavy atom. The molecule has 0 radical (unpaired) electrons. The summed E-state index contributed by atoms with van der Waals surface area (Å²) in [6.45, 7) is 1.04. The molecule has 7 nitrogen and oxygen atoms in total. The first-order valence-corrected chi connectivity index (χ1v) is 10.7. The van der Waals surface area contributed by atoms with Crippen molar-refractivity contribution in [3.05, 3.63) is 47.7 Å². The normalized spacial score (nSPS) is 23.2. The maximum atomic E-state index is 12.4. The Labute approximate surface area is 176 Å². The Kier molecular flexibility index (Phi) is 4.90. The number of H-pyrrole nitrogens is 1. The van der Waals surface area contributed by atoms with E-state index < -0.39 is 0 Å². The van der Waals surface area contributed by atoms with Gasteiger partial charge in [-0.25, -0.2) is 0 Å². The molecule has 5 rings (SSSR count). The van der Waals surface area contributed by atoms with Crippen LogP contribution in [0.2, 0.25) is 0 Å². The van der Waals surface area contributed by atoms with Crippen LogP contribution in [0.1, 0.15) is 36.3 Å². The molecule has 3 heterocycles. The molecule has 3 aromatic rings. The molecule has 30 heavy (non-hydrogen) atoms. The minimum Gasteiger partial charge on any atom is -0.372 e. The van der Waals surface area contributed by atoms with Gasteiger partial charge in [-0.05, 0) is 61.6 Å². The van der Waals surface area contributed by atoms with Crippen LogP contribution in [0.4, 0.5) is 11.6 Å². The number of carbonyl (C=O) groups excluding carboxylic acids is 1. The van der Waals surface area contributed by atoms with E-state index in [0.29, 0.717) is 35.9 Å². The van der Waals surface area contributed by atoms with Crippen molar-refractivity contribution in [3.63, 3.8) is 0 Å². The van der Waals surface area contributed by atoms with Gasteiger partial charge in [0.1, 0.15) is 5.82 Å². The van der Waals surface area contributed by atoms with Crippen molar-refractivity contribution >= 4 is 28.4 Å². The summed E-state index contributed by atoms with van der Waals surface area (Å²) in [5.41, 5.74) is 4.16. The van der Waals surface area contributed by atoms with E-state index in [9.17, 15) is 4.79 Å². The van der Waals surface area contributed by atoms with Crippen LogP contribution < -0.4 is 10.6 Å². The Hall–Kier alpha value is -2.93. The lowest BCUT2D eigenvalue weighted by molar-refractivity contribution is -0.116. The second-order valence-corrected chi connectivity index (χ2v) is 8.64. The van der Waals surface area contributed by atoms with Crippen molar-refractivity contribution in [2.75, 3.05) is 31.3 Å². The van der Waals surface area contributed by atoms with Crippen molar-refractivity contribution in [1.82, 2.24) is 20.1 Å². The highest BCUT2D eigenvalue weighted by molar-refractivity contribution is 5.90. The predicted octanol–water partition coefficient (Wildman–Crippen LogP) is 3.38. The number of hydrogen-bond donors (Lipinski definition) is 3. The minimum absolute atomic E-state index is 0.00458. The Morgan fingerprint density at radius 3 is 2.87 bits per heavy atom. The number of likely N-dealkylation sites (N-methyl/N-ethyl adjacent to an activating group) is 1. The third-order valence-electron chi connectivity index (χ3n) is 6.78. The number of piperidine rings is 1. The highest BCUT2D eigenvalue weighted by atomic mass is 16.1. The van der Waals surface area contributed by atoms with E-state index in [-0.39, 0.29) is 5.91 Å². The Balaban J connectivity index is 1.24. The highest BCUT2D eigenvalue weighted by Crippen LogP contribution is 2.45. The van der Waals surface area contributed by atoms with Crippen LogP contribution >= 0.6 is 0 Å². The summed E-state index contributed by atoms with van der Waals surface area (Å²) in [5, 5.41) is 15.2. The molecule has 2 aromatic heterocycles. The number of carbonyl (C=O) groups is 1. The molecule has 0 spiro atoms. The zero-order chi connectivity index (χ0) is 20.7. The monoisotopic (exact) mass is 404 g/mol. The first-order valence-electron chi connectivity index (χ1n) is 10.7. The quantitative estimate of drug-likeness (QED) is 0.607. The zero-order valence-electron chi connectivity index (χ0n) is 17.5. The number of aromatic amines is 1. The SMILES string of the molecule is CNc1ccc(NC(=O)CC[C@@H]2C[C@@H]3c4cccc5[nH]cc(c45)C[C@H]3N(C)C2)nn1. The minimum atomic E-state index is 0.00458. The number of amides is 1. The van der Waals surface area contributed by atoms with E-state index in [1.807, 2.05) is 0 Å². The van der Waals surface area contributed by atoms with Gasteiger partial charge in [0, 0.05) is 49.1 Å². The van der Waals surface area contributed by atoms with Gasteiger partial charge in [0.2, 0.25) is 5.91 Å². The summed E-state index contributed by atoms with van der Waals surface area (Å²) in [6.07, 6.45) is 5.82. The lowest BCUT2D eigenvalue weighted by atomic mass is 9.71. The van der Waals surface area contributed by atoms with Gasteiger partial charge in [-0.3, -0.25) is 4.79 Å². The van der Waals surface area contributed by atoms with E-state index in [1.165, 1.54) is 22.0 Å². The summed E-state index contributed by atoms with van der Waals surface area (Å²) >= 11 is 0. The number of aromatic nitrogens is 3. The van der Waals surface area contributed by atoms with Crippen LogP contribution in [0.3, 0.4) is 0 Å². The van der Waals surface area contributed by atoms with Crippen molar-refractivity contribution in [2.24, 2.45) is 5.92 Å². The van der Waals surface area contributed by atoms with E-state index in [4.69, 9.17) is 0 Å². The van der Waals surface area contributed by atoms with E-state index in [2.05, 4.69) is 62.2 Å². The van der Waals surface area contributed by atoms with Crippen LogP contribution in [0.25, 0.3) is 10.9 Å². The van der Waals surface area contributed by atoms with Crippen molar-refractivity contribution in [1.29, 1.82) is 0 Å². The highest BCUT2D eigenvalue weighted by Gasteiger charge is 2.39. The fourth-order valence-electron chi connectivity index (χ4n) is 5.34. The average Bonchev–Trinajstić information content (AvgIpc) is 3.18. The molecule has 1 aromatic carbocycles. The molecule has 2 aliphatic rings. The Morgan fingerprint density at radius 1 is 1.23 bits per heavy atom. The lowest BCUT2D eigenvalue weighted by Crippen LogP contribution is -2.47. The molecule has 3 N–H and O–H groups in total. The molecule has 7 heteroatoms. The number of anilines is 2. The number of nitrogens with one attached hydrogen (secondary N) is 3.